The van der Waals surface area contributed by atoms with Crippen molar-refractivity contribution < 1.29 is 14.6 Å². The number of aliphatic hydroxyl groups excluding tert-OH is 1. The number of benzene rings is 1. The van der Waals surface area contributed by atoms with Crippen LogP contribution in [0.5, 0.6) is 0 Å². The average molecular weight is 455 g/mol. The second-order valence-corrected chi connectivity index (χ2v) is 10.7. The van der Waals surface area contributed by atoms with E-state index in [-0.39, 0.29) is 12.6 Å². The van der Waals surface area contributed by atoms with Gasteiger partial charge in [-0.2, -0.15) is 0 Å². The predicted molar refractivity (Wildman–Crippen MR) is 136 cm³/mol. The minimum absolute atomic E-state index is 0.213. The van der Waals surface area contributed by atoms with Crippen molar-refractivity contribution >= 4 is 5.97 Å². The quantitative estimate of drug-likeness (QED) is 0.215. The minimum Gasteiger partial charge on any atom is -0.462 e. The Morgan fingerprint density at radius 2 is 1.73 bits per heavy atom. The van der Waals surface area contributed by atoms with E-state index >= 15 is 0 Å². The van der Waals surface area contributed by atoms with E-state index in [9.17, 15) is 9.90 Å². The number of carbonyl (C=O) groups excluding carboxylic acids is 1. The Bertz CT molecular complexity index is 773. The molecule has 3 rings (SSSR count). The summed E-state index contributed by atoms with van der Waals surface area (Å²) in [5, 5.41) is 9.35. The van der Waals surface area contributed by atoms with E-state index < -0.39 is 0 Å². The van der Waals surface area contributed by atoms with Gasteiger partial charge in [0.05, 0.1) is 6.61 Å². The fourth-order valence-electron chi connectivity index (χ4n) is 6.09. The maximum absolute atomic E-state index is 11.8. The molecule has 3 heteroatoms. The summed E-state index contributed by atoms with van der Waals surface area (Å²) in [6.45, 7) is 8.26. The summed E-state index contributed by atoms with van der Waals surface area (Å²) in [5.74, 6) is 2.39. The van der Waals surface area contributed by atoms with Crippen molar-refractivity contribution in [1.82, 2.24) is 0 Å². The second kappa shape index (κ2) is 13.3. The summed E-state index contributed by atoms with van der Waals surface area (Å²) in [7, 11) is 0. The van der Waals surface area contributed by atoms with Crippen LogP contribution in [0.3, 0.4) is 0 Å². The molecule has 184 valence electrons. The number of hydrogen-bond donors (Lipinski definition) is 1. The van der Waals surface area contributed by atoms with Crippen LogP contribution in [-0.4, -0.2) is 24.3 Å². The number of rotatable bonds is 12. The Kier molecular flexibility index (Phi) is 10.5. The second-order valence-electron chi connectivity index (χ2n) is 10.7. The summed E-state index contributed by atoms with van der Waals surface area (Å²) in [6.07, 6.45) is 17.5. The molecule has 0 aliphatic heterocycles. The van der Waals surface area contributed by atoms with Crippen LogP contribution < -0.4 is 0 Å². The lowest BCUT2D eigenvalue weighted by atomic mass is 9.69. The Labute approximate surface area is 202 Å². The number of aliphatic hydroxyl groups is 1. The molecule has 0 heterocycles. The van der Waals surface area contributed by atoms with Gasteiger partial charge in [0.25, 0.3) is 0 Å². The summed E-state index contributed by atoms with van der Waals surface area (Å²) >= 11 is 0. The van der Waals surface area contributed by atoms with E-state index in [1.165, 1.54) is 92.9 Å². The van der Waals surface area contributed by atoms with Crippen molar-refractivity contribution in [3.05, 3.63) is 46.5 Å². The van der Waals surface area contributed by atoms with E-state index in [0.29, 0.717) is 12.2 Å². The molecule has 1 N–H and O–H groups in total. The standard InChI is InChI=1S/C30H46O3/c1-4-5-6-8-23-10-12-24(13-11-23)26-14-15-27-19-25(9-7-17-31)28(21-29(27)20-26)16-18-33-30(32)22(2)3/h19,21,23-24,26,31H,2,4-18,20H2,1,3H3. The van der Waals surface area contributed by atoms with E-state index in [1.807, 2.05) is 0 Å². The third-order valence-electron chi connectivity index (χ3n) is 8.12. The number of ether oxygens (including phenoxy) is 1. The molecule has 0 amide bonds. The zero-order valence-corrected chi connectivity index (χ0v) is 21.2. The number of esters is 1. The van der Waals surface area contributed by atoms with Crippen LogP contribution in [0.4, 0.5) is 0 Å². The molecule has 0 radical (unpaired) electrons. The number of carbonyl (C=O) groups is 1. The first kappa shape index (κ1) is 26.0. The maximum Gasteiger partial charge on any atom is 0.333 e. The first-order valence-electron chi connectivity index (χ1n) is 13.6. The van der Waals surface area contributed by atoms with Crippen LogP contribution in [0.2, 0.25) is 0 Å². The Hall–Kier alpha value is -1.61. The molecule has 0 saturated heterocycles. The molecule has 33 heavy (non-hydrogen) atoms. The minimum atomic E-state index is -0.310. The van der Waals surface area contributed by atoms with Crippen molar-refractivity contribution in [1.29, 1.82) is 0 Å². The molecule has 2 aliphatic rings. The van der Waals surface area contributed by atoms with Gasteiger partial charge >= 0.3 is 5.97 Å². The van der Waals surface area contributed by atoms with Gasteiger partial charge in [-0.15, -0.1) is 0 Å². The largest absolute Gasteiger partial charge is 0.462 e. The third kappa shape index (κ3) is 7.70. The van der Waals surface area contributed by atoms with Gasteiger partial charge in [0, 0.05) is 18.6 Å². The molecule has 2 aliphatic carbocycles. The molecule has 1 saturated carbocycles. The van der Waals surface area contributed by atoms with E-state index in [2.05, 4.69) is 25.6 Å². The van der Waals surface area contributed by atoms with Crippen LogP contribution in [0.25, 0.3) is 0 Å². The lowest BCUT2D eigenvalue weighted by Gasteiger charge is -2.37. The fraction of sp³-hybridized carbons (Fsp3) is 0.700. The van der Waals surface area contributed by atoms with Gasteiger partial charge in [0.1, 0.15) is 0 Å². The molecule has 1 atom stereocenters. The smallest absolute Gasteiger partial charge is 0.333 e. The van der Waals surface area contributed by atoms with Gasteiger partial charge in [-0.25, -0.2) is 4.79 Å². The highest BCUT2D eigenvalue weighted by Gasteiger charge is 2.30. The van der Waals surface area contributed by atoms with Gasteiger partial charge in [-0.1, -0.05) is 64.2 Å². The zero-order valence-electron chi connectivity index (χ0n) is 21.2. The van der Waals surface area contributed by atoms with Gasteiger partial charge in [-0.3, -0.25) is 0 Å². The summed E-state index contributed by atoms with van der Waals surface area (Å²) < 4.78 is 5.38. The SMILES string of the molecule is C=C(C)C(=O)OCCc1cc2c(cc1CCCO)CCC(C1CCC(CCCCC)CC1)C2. The first-order valence-corrected chi connectivity index (χ1v) is 13.6. The third-order valence-corrected chi connectivity index (χ3v) is 8.12. The molecular weight excluding hydrogens is 408 g/mol. The van der Waals surface area contributed by atoms with E-state index in [1.54, 1.807) is 6.92 Å². The van der Waals surface area contributed by atoms with Crippen LogP contribution in [-0.2, 0) is 35.2 Å². The molecule has 1 unspecified atom stereocenters. The normalized spacial score (nSPS) is 22.6. The monoisotopic (exact) mass is 454 g/mol. The highest BCUT2D eigenvalue weighted by Crippen LogP contribution is 2.41. The van der Waals surface area contributed by atoms with Crippen molar-refractivity contribution in [3.8, 4) is 0 Å². The van der Waals surface area contributed by atoms with Crippen LogP contribution in [0, 0.1) is 17.8 Å². The van der Waals surface area contributed by atoms with Gasteiger partial charge in [0.15, 0.2) is 0 Å². The first-order chi connectivity index (χ1) is 16.0. The number of hydrogen-bond acceptors (Lipinski definition) is 3. The molecule has 0 bridgehead atoms. The zero-order chi connectivity index (χ0) is 23.6. The highest BCUT2D eigenvalue weighted by molar-refractivity contribution is 5.86. The van der Waals surface area contributed by atoms with Gasteiger partial charge < -0.3 is 9.84 Å². The molecule has 1 fully saturated rings. The maximum atomic E-state index is 11.8. The Morgan fingerprint density at radius 1 is 1.00 bits per heavy atom. The molecule has 1 aromatic carbocycles. The van der Waals surface area contributed by atoms with Crippen LogP contribution in [0.1, 0.15) is 100 Å². The molecule has 0 aromatic heterocycles. The summed E-state index contributed by atoms with van der Waals surface area (Å²) in [6, 6.07) is 4.79. The highest BCUT2D eigenvalue weighted by atomic mass is 16.5. The molecule has 3 nitrogen and oxygen atoms in total. The Balaban J connectivity index is 1.61. The van der Waals surface area contributed by atoms with Crippen molar-refractivity contribution in [2.75, 3.05) is 13.2 Å². The lowest BCUT2D eigenvalue weighted by molar-refractivity contribution is -0.138. The lowest BCUT2D eigenvalue weighted by Crippen LogP contribution is -2.27. The van der Waals surface area contributed by atoms with Crippen molar-refractivity contribution in [2.45, 2.75) is 104 Å². The summed E-state index contributed by atoms with van der Waals surface area (Å²) in [4.78, 5) is 11.8. The number of fused-ring (bicyclic) bond motifs is 1. The fourth-order valence-corrected chi connectivity index (χ4v) is 6.09. The molecular formula is C30H46O3. The predicted octanol–water partition coefficient (Wildman–Crippen LogP) is 6.76. The molecule has 1 aromatic rings. The topological polar surface area (TPSA) is 46.5 Å². The van der Waals surface area contributed by atoms with E-state index in [0.717, 1.165) is 37.0 Å². The van der Waals surface area contributed by atoms with Gasteiger partial charge in [0.2, 0.25) is 0 Å². The number of aryl methyl sites for hydroxylation is 2. The van der Waals surface area contributed by atoms with Gasteiger partial charge in [-0.05, 0) is 91.9 Å². The van der Waals surface area contributed by atoms with Crippen LogP contribution >= 0.6 is 0 Å². The average Bonchev–Trinajstić information content (AvgIpc) is 2.82. The molecule has 0 spiro atoms. The Morgan fingerprint density at radius 3 is 2.42 bits per heavy atom. The van der Waals surface area contributed by atoms with Crippen molar-refractivity contribution in [2.24, 2.45) is 17.8 Å². The van der Waals surface area contributed by atoms with Crippen molar-refractivity contribution in [3.63, 3.8) is 0 Å². The number of unbranched alkanes of at least 4 members (excludes halogenated alkanes) is 2. The van der Waals surface area contributed by atoms with Crippen LogP contribution in [0.15, 0.2) is 24.3 Å². The summed E-state index contributed by atoms with van der Waals surface area (Å²) in [5.41, 5.74) is 6.08. The van der Waals surface area contributed by atoms with E-state index in [4.69, 9.17) is 4.74 Å².